The van der Waals surface area contributed by atoms with Crippen molar-refractivity contribution in [3.8, 4) is 6.07 Å². The lowest BCUT2D eigenvalue weighted by molar-refractivity contribution is -0.121. The van der Waals surface area contributed by atoms with Gasteiger partial charge in [0.25, 0.3) is 0 Å². The predicted octanol–water partition coefficient (Wildman–Crippen LogP) is 2.99. The van der Waals surface area contributed by atoms with E-state index in [0.29, 0.717) is 11.3 Å². The summed E-state index contributed by atoms with van der Waals surface area (Å²) >= 11 is 0. The molecule has 0 atom stereocenters. The number of carbonyl (C=O) groups is 2. The van der Waals surface area contributed by atoms with Gasteiger partial charge in [-0.2, -0.15) is 5.26 Å². The predicted molar refractivity (Wildman–Crippen MR) is 96.4 cm³/mol. The van der Waals surface area contributed by atoms with Gasteiger partial charge in [0, 0.05) is 12.7 Å². The SMILES string of the molecule is CN1C(=O)C(C)(C)c2cc(CC(=O)Nc3ccccc3C#N)ccc21. The molecule has 0 spiro atoms. The van der Waals surface area contributed by atoms with Crippen molar-refractivity contribution in [2.75, 3.05) is 17.3 Å². The summed E-state index contributed by atoms with van der Waals surface area (Å²) in [5, 5.41) is 11.9. The van der Waals surface area contributed by atoms with Crippen molar-refractivity contribution in [2.24, 2.45) is 0 Å². The molecule has 0 aromatic heterocycles. The summed E-state index contributed by atoms with van der Waals surface area (Å²) in [5.74, 6) is -0.148. The largest absolute Gasteiger partial charge is 0.325 e. The minimum atomic E-state index is -0.593. The van der Waals surface area contributed by atoms with Gasteiger partial charge in [0.05, 0.1) is 23.1 Å². The van der Waals surface area contributed by atoms with Crippen LogP contribution in [0.3, 0.4) is 0 Å². The van der Waals surface area contributed by atoms with E-state index in [1.54, 1.807) is 36.2 Å². The maximum Gasteiger partial charge on any atom is 0.236 e. The van der Waals surface area contributed by atoms with Crippen LogP contribution in [0.15, 0.2) is 42.5 Å². The van der Waals surface area contributed by atoms with Crippen molar-refractivity contribution >= 4 is 23.2 Å². The van der Waals surface area contributed by atoms with Crippen molar-refractivity contribution in [3.63, 3.8) is 0 Å². The third-order valence-electron chi connectivity index (χ3n) is 4.62. The monoisotopic (exact) mass is 333 g/mol. The molecule has 0 aliphatic carbocycles. The second-order valence-electron chi connectivity index (χ2n) is 6.72. The fourth-order valence-electron chi connectivity index (χ4n) is 3.20. The Hall–Kier alpha value is -3.13. The number of hydrogen-bond acceptors (Lipinski definition) is 3. The molecule has 1 aliphatic heterocycles. The van der Waals surface area contributed by atoms with E-state index in [0.717, 1.165) is 16.8 Å². The zero-order valence-corrected chi connectivity index (χ0v) is 14.5. The molecule has 1 N–H and O–H groups in total. The van der Waals surface area contributed by atoms with E-state index in [-0.39, 0.29) is 18.2 Å². The van der Waals surface area contributed by atoms with Crippen molar-refractivity contribution in [2.45, 2.75) is 25.7 Å². The van der Waals surface area contributed by atoms with Crippen LogP contribution in [0.1, 0.15) is 30.5 Å². The number of hydrogen-bond donors (Lipinski definition) is 1. The summed E-state index contributed by atoms with van der Waals surface area (Å²) in [6.07, 6.45) is 0.182. The van der Waals surface area contributed by atoms with E-state index in [1.807, 2.05) is 32.0 Å². The van der Waals surface area contributed by atoms with Gasteiger partial charge in [-0.05, 0) is 43.2 Å². The molecule has 0 bridgehead atoms. The van der Waals surface area contributed by atoms with Gasteiger partial charge in [0.15, 0.2) is 0 Å². The lowest BCUT2D eigenvalue weighted by Crippen LogP contribution is -2.33. The summed E-state index contributed by atoms with van der Waals surface area (Å²) in [5.41, 5.74) is 2.99. The zero-order chi connectivity index (χ0) is 18.2. The third kappa shape index (κ3) is 2.87. The molecular weight excluding hydrogens is 314 g/mol. The Morgan fingerprint density at radius 2 is 1.96 bits per heavy atom. The van der Waals surface area contributed by atoms with Gasteiger partial charge >= 0.3 is 0 Å². The normalized spacial score (nSPS) is 14.8. The Morgan fingerprint density at radius 3 is 2.68 bits per heavy atom. The van der Waals surface area contributed by atoms with Crippen LogP contribution in [0.4, 0.5) is 11.4 Å². The Morgan fingerprint density at radius 1 is 1.24 bits per heavy atom. The van der Waals surface area contributed by atoms with Crippen LogP contribution in [0, 0.1) is 11.3 Å². The molecule has 5 nitrogen and oxygen atoms in total. The minimum Gasteiger partial charge on any atom is -0.325 e. The maximum atomic E-state index is 12.3. The number of likely N-dealkylation sites (N-methyl/N-ethyl adjacent to an activating group) is 1. The lowest BCUT2D eigenvalue weighted by atomic mass is 9.85. The van der Waals surface area contributed by atoms with Gasteiger partial charge in [0.2, 0.25) is 11.8 Å². The molecule has 0 unspecified atom stereocenters. The number of nitriles is 1. The summed E-state index contributed by atoms with van der Waals surface area (Å²) in [7, 11) is 1.77. The summed E-state index contributed by atoms with van der Waals surface area (Å²) in [6, 6.07) is 14.6. The Balaban J connectivity index is 1.81. The van der Waals surface area contributed by atoms with Crippen molar-refractivity contribution in [1.82, 2.24) is 0 Å². The molecule has 0 saturated carbocycles. The van der Waals surface area contributed by atoms with Gasteiger partial charge in [-0.1, -0.05) is 24.3 Å². The van der Waals surface area contributed by atoms with Crippen LogP contribution < -0.4 is 10.2 Å². The highest BCUT2D eigenvalue weighted by Gasteiger charge is 2.42. The maximum absolute atomic E-state index is 12.3. The topological polar surface area (TPSA) is 73.2 Å². The number of carbonyl (C=O) groups excluding carboxylic acids is 2. The minimum absolute atomic E-state index is 0.0482. The standard InChI is InChI=1S/C20H19N3O2/c1-20(2)15-10-13(8-9-17(15)23(3)19(20)25)11-18(24)22-16-7-5-4-6-14(16)12-21/h4-10H,11H2,1-3H3,(H,22,24). The highest BCUT2D eigenvalue weighted by molar-refractivity contribution is 6.07. The lowest BCUT2D eigenvalue weighted by Gasteiger charge is -2.16. The first-order valence-corrected chi connectivity index (χ1v) is 8.05. The molecule has 1 aliphatic rings. The average molecular weight is 333 g/mol. The molecule has 0 saturated heterocycles. The van der Waals surface area contributed by atoms with Gasteiger partial charge in [-0.3, -0.25) is 9.59 Å². The molecule has 126 valence electrons. The van der Waals surface area contributed by atoms with E-state index in [4.69, 9.17) is 5.26 Å². The second kappa shape index (κ2) is 6.06. The third-order valence-corrected chi connectivity index (χ3v) is 4.62. The molecule has 2 amide bonds. The highest BCUT2D eigenvalue weighted by Crippen LogP contribution is 2.41. The smallest absolute Gasteiger partial charge is 0.236 e. The average Bonchev–Trinajstić information content (AvgIpc) is 2.76. The van der Waals surface area contributed by atoms with Crippen LogP contribution in [-0.2, 0) is 21.4 Å². The number of para-hydroxylation sites is 1. The summed E-state index contributed by atoms with van der Waals surface area (Å²) in [4.78, 5) is 26.3. The Labute approximate surface area is 146 Å². The first kappa shape index (κ1) is 16.7. The van der Waals surface area contributed by atoms with Gasteiger partial charge in [-0.15, -0.1) is 0 Å². The van der Waals surface area contributed by atoms with E-state index >= 15 is 0 Å². The summed E-state index contributed by atoms with van der Waals surface area (Å²) < 4.78 is 0. The molecule has 2 aromatic carbocycles. The quantitative estimate of drug-likeness (QED) is 0.938. The molecular formula is C20H19N3O2. The fraction of sp³-hybridized carbons (Fsp3) is 0.250. The van der Waals surface area contributed by atoms with Gasteiger partial charge in [0.1, 0.15) is 6.07 Å². The van der Waals surface area contributed by atoms with Crippen LogP contribution in [0.25, 0.3) is 0 Å². The highest BCUT2D eigenvalue weighted by atomic mass is 16.2. The van der Waals surface area contributed by atoms with Crippen molar-refractivity contribution < 1.29 is 9.59 Å². The van der Waals surface area contributed by atoms with E-state index < -0.39 is 5.41 Å². The molecule has 0 fully saturated rings. The van der Waals surface area contributed by atoms with E-state index in [1.165, 1.54) is 0 Å². The molecule has 0 radical (unpaired) electrons. The number of benzene rings is 2. The van der Waals surface area contributed by atoms with Crippen LogP contribution in [0.5, 0.6) is 0 Å². The van der Waals surface area contributed by atoms with Crippen LogP contribution >= 0.6 is 0 Å². The number of rotatable bonds is 3. The summed E-state index contributed by atoms with van der Waals surface area (Å²) in [6.45, 7) is 3.79. The Kier molecular flexibility index (Phi) is 4.05. The van der Waals surface area contributed by atoms with Crippen LogP contribution in [0.2, 0.25) is 0 Å². The number of nitrogens with one attached hydrogen (secondary N) is 1. The molecule has 2 aromatic rings. The second-order valence-corrected chi connectivity index (χ2v) is 6.72. The van der Waals surface area contributed by atoms with Crippen molar-refractivity contribution in [1.29, 1.82) is 5.26 Å². The van der Waals surface area contributed by atoms with Gasteiger partial charge < -0.3 is 10.2 Å². The van der Waals surface area contributed by atoms with E-state index in [2.05, 4.69) is 11.4 Å². The van der Waals surface area contributed by atoms with E-state index in [9.17, 15) is 9.59 Å². The molecule has 25 heavy (non-hydrogen) atoms. The molecule has 3 rings (SSSR count). The fourth-order valence-corrected chi connectivity index (χ4v) is 3.20. The number of fused-ring (bicyclic) bond motifs is 1. The first-order valence-electron chi connectivity index (χ1n) is 8.05. The number of nitrogens with zero attached hydrogens (tertiary/aromatic N) is 2. The zero-order valence-electron chi connectivity index (χ0n) is 14.5. The first-order chi connectivity index (χ1) is 11.8. The molecule has 5 heteroatoms. The number of anilines is 2. The van der Waals surface area contributed by atoms with Crippen LogP contribution in [-0.4, -0.2) is 18.9 Å². The van der Waals surface area contributed by atoms with Gasteiger partial charge in [-0.25, -0.2) is 0 Å². The number of amides is 2. The molecule has 1 heterocycles. The Bertz CT molecular complexity index is 909. The van der Waals surface area contributed by atoms with Crippen molar-refractivity contribution in [3.05, 3.63) is 59.2 Å².